The molecule has 0 aliphatic carbocycles. The van der Waals surface area contributed by atoms with Gasteiger partial charge in [0.15, 0.2) is 0 Å². The quantitative estimate of drug-likeness (QED) is 0.732. The van der Waals surface area contributed by atoms with Gasteiger partial charge in [0, 0.05) is 18.2 Å². The average Bonchev–Trinajstić information content (AvgIpc) is 2.46. The molecule has 0 radical (unpaired) electrons. The highest BCUT2D eigenvalue weighted by Gasteiger charge is 2.15. The van der Waals surface area contributed by atoms with Gasteiger partial charge >= 0.3 is 0 Å². The molecule has 4 nitrogen and oxygen atoms in total. The van der Waals surface area contributed by atoms with Crippen LogP contribution in [0.2, 0.25) is 0 Å². The molecule has 128 valence electrons. The lowest BCUT2D eigenvalue weighted by molar-refractivity contribution is -0.119. The Kier molecular flexibility index (Phi) is 7.96. The van der Waals surface area contributed by atoms with E-state index in [0.717, 1.165) is 17.7 Å². The van der Waals surface area contributed by atoms with Gasteiger partial charge in [-0.25, -0.2) is 0 Å². The van der Waals surface area contributed by atoms with E-state index in [1.54, 1.807) is 6.92 Å². The lowest BCUT2D eigenvalue weighted by atomic mass is 10.0. The maximum Gasteiger partial charge on any atom is 0.224 e. The molecule has 1 amide bonds. The highest BCUT2D eigenvalue weighted by atomic mass is 16.1. The van der Waals surface area contributed by atoms with Crippen LogP contribution in [0.4, 0.5) is 5.69 Å². The summed E-state index contributed by atoms with van der Waals surface area (Å²) in [6, 6.07) is 7.83. The predicted molar refractivity (Wildman–Crippen MR) is 95.6 cm³/mol. The molecule has 0 heterocycles. The van der Waals surface area contributed by atoms with Crippen LogP contribution in [0.5, 0.6) is 0 Å². The van der Waals surface area contributed by atoms with E-state index in [-0.39, 0.29) is 23.8 Å². The van der Waals surface area contributed by atoms with Gasteiger partial charge in [0.05, 0.1) is 6.04 Å². The summed E-state index contributed by atoms with van der Waals surface area (Å²) in [5, 5.41) is 6.19. The molecule has 0 saturated heterocycles. The van der Waals surface area contributed by atoms with Crippen molar-refractivity contribution in [1.82, 2.24) is 5.32 Å². The minimum atomic E-state index is -0.165. The largest absolute Gasteiger partial charge is 0.326 e. The van der Waals surface area contributed by atoms with Crippen LogP contribution in [0, 0.1) is 5.92 Å². The molecule has 0 unspecified atom stereocenters. The second-order valence-electron chi connectivity index (χ2n) is 6.87. The first-order valence-corrected chi connectivity index (χ1v) is 8.43. The third-order valence-corrected chi connectivity index (χ3v) is 3.65. The highest BCUT2D eigenvalue weighted by Crippen LogP contribution is 2.13. The van der Waals surface area contributed by atoms with E-state index in [2.05, 4.69) is 24.5 Å². The first kappa shape index (κ1) is 19.4. The van der Waals surface area contributed by atoms with Crippen molar-refractivity contribution in [3.63, 3.8) is 0 Å². The Morgan fingerprint density at radius 2 is 1.65 bits per heavy atom. The van der Waals surface area contributed by atoms with E-state index >= 15 is 0 Å². The zero-order chi connectivity index (χ0) is 17.4. The monoisotopic (exact) mass is 318 g/mol. The summed E-state index contributed by atoms with van der Waals surface area (Å²) in [7, 11) is 0. The van der Waals surface area contributed by atoms with Gasteiger partial charge in [-0.05, 0) is 43.4 Å². The maximum absolute atomic E-state index is 11.8. The maximum atomic E-state index is 11.8. The molecule has 0 bridgehead atoms. The Morgan fingerprint density at radius 1 is 1.04 bits per heavy atom. The predicted octanol–water partition coefficient (Wildman–Crippen LogP) is 3.56. The molecule has 1 atom stereocenters. The Balaban J connectivity index is 2.58. The highest BCUT2D eigenvalue weighted by molar-refractivity contribution is 5.90. The van der Waals surface area contributed by atoms with Crippen LogP contribution >= 0.6 is 0 Å². The first-order chi connectivity index (χ1) is 10.8. The number of Topliss-reactive ketones (excluding diaryl/α,β-unsaturated/α-hetero) is 1. The van der Waals surface area contributed by atoms with Crippen molar-refractivity contribution in [3.8, 4) is 0 Å². The number of anilines is 1. The van der Waals surface area contributed by atoms with Gasteiger partial charge in [0.2, 0.25) is 5.91 Å². The number of ketones is 1. The summed E-state index contributed by atoms with van der Waals surface area (Å²) in [4.78, 5) is 23.5. The van der Waals surface area contributed by atoms with Crippen LogP contribution in [-0.2, 0) is 16.0 Å². The van der Waals surface area contributed by atoms with Crippen molar-refractivity contribution in [3.05, 3.63) is 29.8 Å². The molecular weight excluding hydrogens is 288 g/mol. The summed E-state index contributed by atoms with van der Waals surface area (Å²) < 4.78 is 0. The Labute approximate surface area is 140 Å². The SMILES string of the molecule is CC(=O)[C@H](Cc1ccc(NC(=O)CCC(C)C)cc1)NC(C)C. The van der Waals surface area contributed by atoms with Crippen molar-refractivity contribution < 1.29 is 9.59 Å². The molecule has 23 heavy (non-hydrogen) atoms. The number of rotatable bonds is 9. The van der Waals surface area contributed by atoms with Crippen LogP contribution in [0.25, 0.3) is 0 Å². The van der Waals surface area contributed by atoms with Gasteiger partial charge in [0.25, 0.3) is 0 Å². The van der Waals surface area contributed by atoms with E-state index in [9.17, 15) is 9.59 Å². The topological polar surface area (TPSA) is 58.2 Å². The summed E-state index contributed by atoms with van der Waals surface area (Å²) in [5.41, 5.74) is 1.89. The Morgan fingerprint density at radius 3 is 2.13 bits per heavy atom. The van der Waals surface area contributed by atoms with Gasteiger partial charge < -0.3 is 10.6 Å². The van der Waals surface area contributed by atoms with Gasteiger partial charge in [-0.1, -0.05) is 39.8 Å². The number of hydrogen-bond acceptors (Lipinski definition) is 3. The molecule has 0 aromatic heterocycles. The van der Waals surface area contributed by atoms with Gasteiger partial charge in [-0.15, -0.1) is 0 Å². The fourth-order valence-corrected chi connectivity index (χ4v) is 2.33. The first-order valence-electron chi connectivity index (χ1n) is 8.43. The summed E-state index contributed by atoms with van der Waals surface area (Å²) >= 11 is 0. The molecule has 1 rings (SSSR count). The summed E-state index contributed by atoms with van der Waals surface area (Å²) in [6.45, 7) is 9.90. The minimum Gasteiger partial charge on any atom is -0.326 e. The van der Waals surface area contributed by atoms with E-state index in [0.29, 0.717) is 18.8 Å². The van der Waals surface area contributed by atoms with E-state index in [4.69, 9.17) is 0 Å². The van der Waals surface area contributed by atoms with Crippen molar-refractivity contribution in [2.24, 2.45) is 5.92 Å². The van der Waals surface area contributed by atoms with E-state index < -0.39 is 0 Å². The fraction of sp³-hybridized carbons (Fsp3) is 0.579. The molecular formula is C19H30N2O2. The van der Waals surface area contributed by atoms with Crippen molar-refractivity contribution in [2.45, 2.75) is 66.0 Å². The van der Waals surface area contributed by atoms with Crippen molar-refractivity contribution >= 4 is 17.4 Å². The molecule has 0 aliphatic heterocycles. The molecule has 0 fully saturated rings. The van der Waals surface area contributed by atoms with Crippen LogP contribution in [0.3, 0.4) is 0 Å². The van der Waals surface area contributed by atoms with Crippen LogP contribution in [0.15, 0.2) is 24.3 Å². The number of carbonyl (C=O) groups excluding carboxylic acids is 2. The van der Waals surface area contributed by atoms with Gasteiger partial charge in [-0.3, -0.25) is 9.59 Å². The number of benzene rings is 1. The second kappa shape index (κ2) is 9.46. The second-order valence-corrected chi connectivity index (χ2v) is 6.87. The van der Waals surface area contributed by atoms with Gasteiger partial charge in [-0.2, -0.15) is 0 Å². The smallest absolute Gasteiger partial charge is 0.224 e. The number of amides is 1. The minimum absolute atomic E-state index is 0.0505. The van der Waals surface area contributed by atoms with E-state index in [1.807, 2.05) is 38.1 Å². The van der Waals surface area contributed by atoms with E-state index in [1.165, 1.54) is 0 Å². The zero-order valence-corrected chi connectivity index (χ0v) is 15.0. The third kappa shape index (κ3) is 7.93. The van der Waals surface area contributed by atoms with Crippen molar-refractivity contribution in [1.29, 1.82) is 0 Å². The zero-order valence-electron chi connectivity index (χ0n) is 15.0. The summed E-state index contributed by atoms with van der Waals surface area (Å²) in [6.07, 6.45) is 2.10. The standard InChI is InChI=1S/C19H30N2O2/c1-13(2)6-11-19(23)21-17-9-7-16(8-10-17)12-18(15(5)22)20-14(3)4/h7-10,13-14,18,20H,6,11-12H2,1-5H3,(H,21,23)/t18-/m0/s1. The molecule has 2 N–H and O–H groups in total. The molecule has 1 aromatic carbocycles. The van der Waals surface area contributed by atoms with Crippen LogP contribution in [0.1, 0.15) is 53.0 Å². The Hall–Kier alpha value is -1.68. The lowest BCUT2D eigenvalue weighted by Gasteiger charge is -2.19. The molecule has 1 aromatic rings. The van der Waals surface area contributed by atoms with Crippen molar-refractivity contribution in [2.75, 3.05) is 5.32 Å². The fourth-order valence-electron chi connectivity index (χ4n) is 2.33. The lowest BCUT2D eigenvalue weighted by Crippen LogP contribution is -2.41. The number of hydrogen-bond donors (Lipinski definition) is 2. The third-order valence-electron chi connectivity index (χ3n) is 3.65. The molecule has 0 saturated carbocycles. The number of carbonyl (C=O) groups is 2. The van der Waals surface area contributed by atoms with Crippen LogP contribution in [-0.4, -0.2) is 23.8 Å². The van der Waals surface area contributed by atoms with Crippen LogP contribution < -0.4 is 10.6 Å². The normalized spacial score (nSPS) is 12.5. The molecule has 4 heteroatoms. The summed E-state index contributed by atoms with van der Waals surface area (Å²) in [5.74, 6) is 0.722. The average molecular weight is 318 g/mol. The molecule has 0 aliphatic rings. The van der Waals surface area contributed by atoms with Gasteiger partial charge in [0.1, 0.15) is 5.78 Å². The number of nitrogens with one attached hydrogen (secondary N) is 2. The Bertz CT molecular complexity index is 507. The molecule has 0 spiro atoms.